The first-order valence-electron chi connectivity index (χ1n) is 13.7. The molecule has 14 N–H and O–H groups in total. The van der Waals surface area contributed by atoms with Gasteiger partial charge in [0.1, 0.15) is 23.9 Å². The molecule has 1 aromatic rings. The van der Waals surface area contributed by atoms with Crippen molar-refractivity contribution in [1.82, 2.24) is 21.3 Å². The van der Waals surface area contributed by atoms with E-state index in [-0.39, 0.29) is 49.7 Å². The number of amides is 4. The van der Waals surface area contributed by atoms with Gasteiger partial charge in [-0.1, -0.05) is 12.1 Å². The maximum absolute atomic E-state index is 13.0. The van der Waals surface area contributed by atoms with Gasteiger partial charge in [-0.15, -0.1) is 0 Å². The zero-order valence-corrected chi connectivity index (χ0v) is 24.7. The Labute approximate surface area is 255 Å². The quantitative estimate of drug-likeness (QED) is 0.0301. The summed E-state index contributed by atoms with van der Waals surface area (Å²) in [6, 6.07) is 1.52. The van der Waals surface area contributed by atoms with E-state index in [0.29, 0.717) is 24.9 Å². The highest BCUT2D eigenvalue weighted by atomic mass is 32.1. The van der Waals surface area contributed by atoms with Crippen molar-refractivity contribution in [3.8, 4) is 5.75 Å². The monoisotopic (exact) mass is 625 g/mol. The Morgan fingerprint density at radius 3 is 2.07 bits per heavy atom. The molecule has 0 aliphatic heterocycles. The Morgan fingerprint density at radius 2 is 1.49 bits per heavy atom. The summed E-state index contributed by atoms with van der Waals surface area (Å²) >= 11 is 3.99. The lowest BCUT2D eigenvalue weighted by atomic mass is 10.0. The smallest absolute Gasteiger partial charge is 0.326 e. The summed E-state index contributed by atoms with van der Waals surface area (Å²) in [4.78, 5) is 66.6. The second-order valence-corrected chi connectivity index (χ2v) is 10.1. The molecule has 4 amide bonds. The standard InChI is InChI=1S/C26H43N9O7S/c27-10-2-1-4-19(25(41)42)34-24(40)18(5-3-11-31-26(29)30)33-21(37)13-32-23(39)20(35-22(38)17(28)14-43)12-15-6-8-16(36)9-7-15/h6-9,17-20,36,43H,1-5,10-14,27-28H2,(H,32,39)(H,33,37)(H,34,40)(H,35,38)(H,41,42)(H4,29,30,31)/t17-,18-,19-,20-/m0/s1. The third-order valence-corrected chi connectivity index (χ3v) is 6.52. The van der Waals surface area contributed by atoms with Crippen molar-refractivity contribution in [2.75, 3.05) is 25.4 Å². The Morgan fingerprint density at radius 1 is 0.860 bits per heavy atom. The number of guanidine groups is 1. The third kappa shape index (κ3) is 15.1. The van der Waals surface area contributed by atoms with Crippen LogP contribution in [0.3, 0.4) is 0 Å². The number of thiol groups is 1. The molecule has 0 saturated heterocycles. The molecule has 0 unspecified atom stereocenters. The average Bonchev–Trinajstić information content (AvgIpc) is 2.96. The SMILES string of the molecule is NCCCC[C@H](NC(=O)[C@H](CCCN=C(N)N)NC(=O)CNC(=O)[C@H](Cc1ccc(O)cc1)NC(=O)[C@@H](N)CS)C(=O)O. The number of unbranched alkanes of at least 4 members (excludes halogenated alkanes) is 1. The number of carbonyl (C=O) groups excluding carboxylic acids is 4. The number of nitrogens with zero attached hydrogens (tertiary/aromatic N) is 1. The number of aromatic hydroxyl groups is 1. The molecule has 0 spiro atoms. The normalized spacial score (nSPS) is 13.5. The fourth-order valence-electron chi connectivity index (χ4n) is 3.77. The first-order valence-corrected chi connectivity index (χ1v) is 14.3. The number of nitrogens with one attached hydrogen (secondary N) is 4. The van der Waals surface area contributed by atoms with E-state index in [1.165, 1.54) is 12.1 Å². The summed E-state index contributed by atoms with van der Waals surface area (Å²) < 4.78 is 0. The van der Waals surface area contributed by atoms with E-state index < -0.39 is 60.3 Å². The van der Waals surface area contributed by atoms with Crippen molar-refractivity contribution >= 4 is 48.2 Å². The highest BCUT2D eigenvalue weighted by molar-refractivity contribution is 7.80. The molecule has 0 saturated carbocycles. The maximum Gasteiger partial charge on any atom is 0.326 e. The summed E-state index contributed by atoms with van der Waals surface area (Å²) in [5.41, 5.74) is 22.4. The Hall–Kier alpha value is -4.09. The van der Waals surface area contributed by atoms with Crippen LogP contribution in [0.1, 0.15) is 37.7 Å². The summed E-state index contributed by atoms with van der Waals surface area (Å²) in [6.45, 7) is -0.0302. The molecule has 4 atom stereocenters. The Kier molecular flexibility index (Phi) is 17.1. The van der Waals surface area contributed by atoms with E-state index in [1.807, 2.05) is 0 Å². The topological polar surface area (TPSA) is 290 Å². The molecule has 0 fully saturated rings. The van der Waals surface area contributed by atoms with Crippen LogP contribution in [-0.2, 0) is 30.4 Å². The second kappa shape index (κ2) is 19.9. The van der Waals surface area contributed by atoms with E-state index in [2.05, 4.69) is 38.9 Å². The van der Waals surface area contributed by atoms with Crippen LogP contribution in [-0.4, -0.2) is 95.3 Å². The van der Waals surface area contributed by atoms with Crippen LogP contribution in [0.25, 0.3) is 0 Å². The lowest BCUT2D eigenvalue weighted by molar-refractivity contribution is -0.142. The number of carboxylic acids is 1. The van der Waals surface area contributed by atoms with Crippen molar-refractivity contribution in [1.29, 1.82) is 0 Å². The molecular weight excluding hydrogens is 582 g/mol. The van der Waals surface area contributed by atoms with Gasteiger partial charge in [-0.25, -0.2) is 4.79 Å². The van der Waals surface area contributed by atoms with Gasteiger partial charge in [0.05, 0.1) is 12.6 Å². The van der Waals surface area contributed by atoms with E-state index >= 15 is 0 Å². The van der Waals surface area contributed by atoms with E-state index in [9.17, 15) is 34.2 Å². The molecule has 0 aliphatic rings. The number of phenols is 1. The van der Waals surface area contributed by atoms with E-state index in [4.69, 9.17) is 22.9 Å². The summed E-state index contributed by atoms with van der Waals surface area (Å²) in [5, 5.41) is 28.9. The molecule has 16 nitrogen and oxygen atoms in total. The summed E-state index contributed by atoms with van der Waals surface area (Å²) in [6.07, 6.45) is 1.57. The molecule has 0 aromatic heterocycles. The highest BCUT2D eigenvalue weighted by Crippen LogP contribution is 2.12. The molecule has 240 valence electrons. The molecule has 1 aromatic carbocycles. The number of carbonyl (C=O) groups is 5. The third-order valence-electron chi connectivity index (χ3n) is 6.12. The van der Waals surface area contributed by atoms with Gasteiger partial charge in [-0.3, -0.25) is 24.2 Å². The van der Waals surface area contributed by atoms with Crippen molar-refractivity contribution in [2.45, 2.75) is 62.7 Å². The van der Waals surface area contributed by atoms with Crippen LogP contribution in [0.15, 0.2) is 29.3 Å². The fourth-order valence-corrected chi connectivity index (χ4v) is 3.94. The lowest BCUT2D eigenvalue weighted by Crippen LogP contribution is -2.55. The molecule has 1 rings (SSSR count). The second-order valence-electron chi connectivity index (χ2n) is 9.69. The largest absolute Gasteiger partial charge is 0.508 e. The van der Waals surface area contributed by atoms with Gasteiger partial charge in [0.25, 0.3) is 0 Å². The van der Waals surface area contributed by atoms with Crippen molar-refractivity contribution in [3.63, 3.8) is 0 Å². The maximum atomic E-state index is 13.0. The van der Waals surface area contributed by atoms with E-state index in [1.54, 1.807) is 12.1 Å². The van der Waals surface area contributed by atoms with Crippen molar-refractivity contribution < 1.29 is 34.2 Å². The number of carboxylic acid groups (broad SMARTS) is 1. The van der Waals surface area contributed by atoms with Crippen LogP contribution < -0.4 is 44.2 Å². The number of hydrogen-bond acceptors (Lipinski definition) is 10. The summed E-state index contributed by atoms with van der Waals surface area (Å²) in [5.74, 6) is -4.15. The first kappa shape index (κ1) is 36.9. The number of phenolic OH excluding ortho intramolecular Hbond substituents is 1. The molecular formula is C26H43N9O7S. The molecule has 17 heteroatoms. The van der Waals surface area contributed by atoms with Gasteiger partial charge in [-0.05, 0) is 56.3 Å². The minimum Gasteiger partial charge on any atom is -0.508 e. The Bertz CT molecular complexity index is 1100. The number of aliphatic imine (C=N–C) groups is 1. The summed E-state index contributed by atoms with van der Waals surface area (Å²) in [7, 11) is 0. The van der Waals surface area contributed by atoms with Crippen molar-refractivity contribution in [2.24, 2.45) is 27.9 Å². The molecule has 0 radical (unpaired) electrons. The molecule has 0 aliphatic carbocycles. The number of hydrogen-bond donors (Lipinski definition) is 11. The van der Waals surface area contributed by atoms with Gasteiger partial charge in [0.15, 0.2) is 5.96 Å². The zero-order valence-electron chi connectivity index (χ0n) is 23.8. The minimum atomic E-state index is -1.23. The highest BCUT2D eigenvalue weighted by Gasteiger charge is 2.27. The number of benzene rings is 1. The fraction of sp³-hybridized carbons (Fsp3) is 0.538. The predicted octanol–water partition coefficient (Wildman–Crippen LogP) is -2.97. The number of aliphatic carboxylic acids is 1. The first-order chi connectivity index (χ1) is 20.4. The molecule has 43 heavy (non-hydrogen) atoms. The van der Waals surface area contributed by atoms with Crippen LogP contribution in [0, 0.1) is 0 Å². The van der Waals surface area contributed by atoms with Gasteiger partial charge in [-0.2, -0.15) is 12.6 Å². The predicted molar refractivity (Wildman–Crippen MR) is 163 cm³/mol. The van der Waals surface area contributed by atoms with Gasteiger partial charge < -0.3 is 54.4 Å². The van der Waals surface area contributed by atoms with Crippen molar-refractivity contribution in [3.05, 3.63) is 29.8 Å². The Balaban J connectivity index is 2.94. The lowest BCUT2D eigenvalue weighted by Gasteiger charge is -2.22. The van der Waals surface area contributed by atoms with E-state index in [0.717, 1.165) is 0 Å². The van der Waals surface area contributed by atoms with Crippen LogP contribution >= 0.6 is 12.6 Å². The zero-order chi connectivity index (χ0) is 32.4. The van der Waals surface area contributed by atoms with Crippen LogP contribution in [0.2, 0.25) is 0 Å². The van der Waals surface area contributed by atoms with Crippen LogP contribution in [0.4, 0.5) is 0 Å². The van der Waals surface area contributed by atoms with Gasteiger partial charge in [0, 0.05) is 18.7 Å². The molecule has 0 bridgehead atoms. The number of nitrogens with two attached hydrogens (primary N) is 4. The molecule has 0 heterocycles. The number of rotatable bonds is 20. The van der Waals surface area contributed by atoms with Crippen LogP contribution in [0.5, 0.6) is 5.75 Å². The van der Waals surface area contributed by atoms with Gasteiger partial charge >= 0.3 is 5.97 Å². The minimum absolute atomic E-state index is 0.0182. The average molecular weight is 626 g/mol. The van der Waals surface area contributed by atoms with Gasteiger partial charge in [0.2, 0.25) is 23.6 Å².